The van der Waals surface area contributed by atoms with Crippen LogP contribution in [0.2, 0.25) is 5.02 Å². The van der Waals surface area contributed by atoms with E-state index in [0.717, 1.165) is 25.9 Å². The summed E-state index contributed by atoms with van der Waals surface area (Å²) in [5.41, 5.74) is 6.12. The predicted octanol–water partition coefficient (Wildman–Crippen LogP) is 1.94. The third-order valence-corrected chi connectivity index (χ3v) is 3.59. The van der Waals surface area contributed by atoms with Crippen LogP contribution in [0.25, 0.3) is 0 Å². The monoisotopic (exact) mass is 272 g/mol. The van der Waals surface area contributed by atoms with E-state index < -0.39 is 18.0 Å². The van der Waals surface area contributed by atoms with Gasteiger partial charge in [-0.2, -0.15) is 0 Å². The lowest BCUT2D eigenvalue weighted by Crippen LogP contribution is -2.40. The van der Waals surface area contributed by atoms with Crippen LogP contribution in [-0.2, 0) is 0 Å². The third-order valence-electron chi connectivity index (χ3n) is 3.35. The summed E-state index contributed by atoms with van der Waals surface area (Å²) in [5.74, 6) is -0.469. The fourth-order valence-electron chi connectivity index (χ4n) is 2.34. The van der Waals surface area contributed by atoms with Gasteiger partial charge in [0.1, 0.15) is 5.82 Å². The van der Waals surface area contributed by atoms with Crippen LogP contribution in [0.1, 0.15) is 24.5 Å². The van der Waals surface area contributed by atoms with Crippen molar-refractivity contribution in [3.8, 4) is 0 Å². The zero-order valence-electron chi connectivity index (χ0n) is 10.1. The molecule has 18 heavy (non-hydrogen) atoms. The van der Waals surface area contributed by atoms with Crippen LogP contribution >= 0.6 is 11.6 Å². The van der Waals surface area contributed by atoms with Crippen molar-refractivity contribution in [1.29, 1.82) is 0 Å². The Balaban J connectivity index is 2.04. The van der Waals surface area contributed by atoms with Gasteiger partial charge < -0.3 is 15.7 Å². The Labute approximate surface area is 111 Å². The second kappa shape index (κ2) is 5.97. The van der Waals surface area contributed by atoms with Crippen molar-refractivity contribution >= 4 is 11.6 Å². The molecule has 1 fully saturated rings. The first-order valence-corrected chi connectivity index (χ1v) is 6.56. The number of benzene rings is 1. The molecule has 1 aliphatic heterocycles. The summed E-state index contributed by atoms with van der Waals surface area (Å²) >= 11 is 5.81. The summed E-state index contributed by atoms with van der Waals surface area (Å²) in [5, 5.41) is 10.5. The smallest absolute Gasteiger partial charge is 0.129 e. The Morgan fingerprint density at radius 1 is 1.39 bits per heavy atom. The minimum Gasteiger partial charge on any atom is -0.387 e. The largest absolute Gasteiger partial charge is 0.387 e. The molecule has 0 spiro atoms. The van der Waals surface area contributed by atoms with Gasteiger partial charge in [0.2, 0.25) is 0 Å². The predicted molar refractivity (Wildman–Crippen MR) is 70.0 cm³/mol. The lowest BCUT2D eigenvalue weighted by molar-refractivity contribution is 0.122. The lowest BCUT2D eigenvalue weighted by Gasteiger charge is -2.24. The number of hydrogen-bond acceptors (Lipinski definition) is 3. The number of nitrogens with zero attached hydrogens (tertiary/aromatic N) is 1. The summed E-state index contributed by atoms with van der Waals surface area (Å²) in [6, 6.07) is 3.64. The molecule has 0 aliphatic carbocycles. The molecule has 3 nitrogen and oxygen atoms in total. The van der Waals surface area contributed by atoms with E-state index in [-0.39, 0.29) is 5.56 Å². The summed E-state index contributed by atoms with van der Waals surface area (Å²) in [4.78, 5) is 2.19. The topological polar surface area (TPSA) is 49.5 Å². The molecule has 0 radical (unpaired) electrons. The van der Waals surface area contributed by atoms with Crippen molar-refractivity contribution in [2.45, 2.75) is 25.0 Å². The maximum atomic E-state index is 13.6. The minimum absolute atomic E-state index is 0.175. The summed E-state index contributed by atoms with van der Waals surface area (Å²) in [6.45, 7) is 2.57. The van der Waals surface area contributed by atoms with Crippen LogP contribution in [0.3, 0.4) is 0 Å². The SMILES string of the molecule is N[C@H](CN1CCCC1)[C@H](O)c1cc(Cl)ccc1F. The van der Waals surface area contributed by atoms with Crippen molar-refractivity contribution in [2.24, 2.45) is 5.73 Å². The Hall–Kier alpha value is -0.680. The van der Waals surface area contributed by atoms with E-state index in [1.165, 1.54) is 18.2 Å². The second-order valence-electron chi connectivity index (χ2n) is 4.78. The number of aliphatic hydroxyl groups excluding tert-OH is 1. The van der Waals surface area contributed by atoms with Crippen molar-refractivity contribution in [3.05, 3.63) is 34.6 Å². The maximum Gasteiger partial charge on any atom is 0.129 e. The first-order chi connectivity index (χ1) is 8.58. The van der Waals surface area contributed by atoms with Gasteiger partial charge in [0, 0.05) is 23.2 Å². The molecule has 1 aliphatic rings. The van der Waals surface area contributed by atoms with E-state index in [2.05, 4.69) is 4.90 Å². The molecule has 0 saturated carbocycles. The van der Waals surface area contributed by atoms with Crippen LogP contribution in [-0.4, -0.2) is 35.7 Å². The van der Waals surface area contributed by atoms with E-state index in [4.69, 9.17) is 17.3 Å². The molecule has 2 rings (SSSR count). The van der Waals surface area contributed by atoms with Gasteiger partial charge in [-0.3, -0.25) is 0 Å². The molecular weight excluding hydrogens is 255 g/mol. The Bertz CT molecular complexity index is 410. The average molecular weight is 273 g/mol. The van der Waals surface area contributed by atoms with Gasteiger partial charge in [0.05, 0.1) is 6.10 Å². The van der Waals surface area contributed by atoms with Gasteiger partial charge in [0.25, 0.3) is 0 Å². The molecule has 0 bridgehead atoms. The Morgan fingerprint density at radius 3 is 2.72 bits per heavy atom. The van der Waals surface area contributed by atoms with Gasteiger partial charge in [-0.05, 0) is 44.1 Å². The van der Waals surface area contributed by atoms with Gasteiger partial charge in [0.15, 0.2) is 0 Å². The first kappa shape index (κ1) is 13.7. The molecule has 1 heterocycles. The molecule has 5 heteroatoms. The second-order valence-corrected chi connectivity index (χ2v) is 5.22. The quantitative estimate of drug-likeness (QED) is 0.881. The van der Waals surface area contributed by atoms with Crippen LogP contribution in [0.4, 0.5) is 4.39 Å². The highest BCUT2D eigenvalue weighted by Gasteiger charge is 2.24. The number of nitrogens with two attached hydrogens (primary N) is 1. The van der Waals surface area contributed by atoms with E-state index in [0.29, 0.717) is 11.6 Å². The fraction of sp³-hybridized carbons (Fsp3) is 0.538. The number of halogens is 2. The number of hydrogen-bond donors (Lipinski definition) is 2. The molecular formula is C13H18ClFN2O. The van der Waals surface area contributed by atoms with E-state index >= 15 is 0 Å². The fourth-order valence-corrected chi connectivity index (χ4v) is 2.52. The van der Waals surface area contributed by atoms with Crippen molar-refractivity contribution in [3.63, 3.8) is 0 Å². The zero-order valence-corrected chi connectivity index (χ0v) is 10.9. The molecule has 0 unspecified atom stereocenters. The van der Waals surface area contributed by atoms with Crippen LogP contribution in [0.15, 0.2) is 18.2 Å². The number of aliphatic hydroxyl groups is 1. The highest BCUT2D eigenvalue weighted by molar-refractivity contribution is 6.30. The minimum atomic E-state index is -1.02. The first-order valence-electron chi connectivity index (χ1n) is 6.19. The lowest BCUT2D eigenvalue weighted by atomic mass is 10.0. The van der Waals surface area contributed by atoms with Gasteiger partial charge >= 0.3 is 0 Å². The van der Waals surface area contributed by atoms with E-state index in [1.54, 1.807) is 0 Å². The van der Waals surface area contributed by atoms with Gasteiger partial charge in [-0.15, -0.1) is 0 Å². The van der Waals surface area contributed by atoms with Crippen LogP contribution in [0, 0.1) is 5.82 Å². The average Bonchev–Trinajstić information content (AvgIpc) is 2.84. The Morgan fingerprint density at radius 2 is 2.06 bits per heavy atom. The van der Waals surface area contributed by atoms with Crippen LogP contribution < -0.4 is 5.73 Å². The van der Waals surface area contributed by atoms with Gasteiger partial charge in [-0.1, -0.05) is 11.6 Å². The van der Waals surface area contributed by atoms with Crippen molar-refractivity contribution < 1.29 is 9.50 Å². The molecule has 2 atom stereocenters. The Kier molecular flexibility index (Phi) is 4.56. The molecule has 0 aromatic heterocycles. The zero-order chi connectivity index (χ0) is 13.1. The summed E-state index contributed by atoms with van der Waals surface area (Å²) in [6.07, 6.45) is 1.30. The summed E-state index contributed by atoms with van der Waals surface area (Å²) < 4.78 is 13.6. The van der Waals surface area contributed by atoms with Crippen molar-refractivity contribution in [2.75, 3.05) is 19.6 Å². The van der Waals surface area contributed by atoms with E-state index in [1.807, 2.05) is 0 Å². The highest BCUT2D eigenvalue weighted by Crippen LogP contribution is 2.24. The molecule has 1 saturated heterocycles. The third kappa shape index (κ3) is 3.20. The van der Waals surface area contributed by atoms with E-state index in [9.17, 15) is 9.50 Å². The molecule has 100 valence electrons. The van der Waals surface area contributed by atoms with Crippen LogP contribution in [0.5, 0.6) is 0 Å². The number of rotatable bonds is 4. The molecule has 1 aromatic rings. The standard InChI is InChI=1S/C13H18ClFN2O/c14-9-3-4-11(15)10(7-9)13(18)12(16)8-17-5-1-2-6-17/h3-4,7,12-13,18H,1-2,5-6,8,16H2/t12-,13-/m1/s1. The molecule has 3 N–H and O–H groups in total. The molecule has 0 amide bonds. The van der Waals surface area contributed by atoms with Crippen molar-refractivity contribution in [1.82, 2.24) is 4.90 Å². The number of likely N-dealkylation sites (tertiary alicyclic amines) is 1. The summed E-state index contributed by atoms with van der Waals surface area (Å²) in [7, 11) is 0. The molecule has 1 aromatic carbocycles. The van der Waals surface area contributed by atoms with Gasteiger partial charge in [-0.25, -0.2) is 4.39 Å². The maximum absolute atomic E-state index is 13.6. The normalized spacial score (nSPS) is 20.0. The highest BCUT2D eigenvalue weighted by atomic mass is 35.5.